The van der Waals surface area contributed by atoms with E-state index >= 15 is 0 Å². The lowest BCUT2D eigenvalue weighted by atomic mass is 9.91. The minimum absolute atomic E-state index is 0.150. The number of hydrogen-bond acceptors (Lipinski definition) is 0. The smallest absolute Gasteiger partial charge is 0.123 e. The lowest BCUT2D eigenvalue weighted by Crippen LogP contribution is -2.11. The topological polar surface area (TPSA) is 0 Å². The Bertz CT molecular complexity index is 577. The summed E-state index contributed by atoms with van der Waals surface area (Å²) >= 11 is 3.60. The molecule has 0 aromatic heterocycles. The molecule has 0 aliphatic carbocycles. The van der Waals surface area contributed by atoms with Crippen LogP contribution < -0.4 is 0 Å². The molecule has 106 valence electrons. The van der Waals surface area contributed by atoms with Gasteiger partial charge in [0.1, 0.15) is 5.82 Å². The first kappa shape index (κ1) is 15.2. The van der Waals surface area contributed by atoms with Crippen molar-refractivity contribution in [2.75, 3.05) is 5.33 Å². The first-order valence-electron chi connectivity index (χ1n) is 6.95. The van der Waals surface area contributed by atoms with Gasteiger partial charge in [-0.25, -0.2) is 4.39 Å². The normalized spacial score (nSPS) is 12.4. The number of aryl methyl sites for hydroxylation is 2. The molecule has 2 rings (SSSR count). The lowest BCUT2D eigenvalue weighted by molar-refractivity contribution is 0.581. The van der Waals surface area contributed by atoms with Crippen molar-refractivity contribution in [2.24, 2.45) is 5.92 Å². The summed E-state index contributed by atoms with van der Waals surface area (Å²) in [5, 5.41) is 0.927. The molecule has 2 heteroatoms. The van der Waals surface area contributed by atoms with E-state index in [1.165, 1.54) is 22.8 Å². The van der Waals surface area contributed by atoms with Gasteiger partial charge >= 0.3 is 0 Å². The molecule has 0 radical (unpaired) electrons. The Morgan fingerprint density at radius 3 is 2.55 bits per heavy atom. The van der Waals surface area contributed by atoms with Crippen LogP contribution >= 0.6 is 15.9 Å². The highest BCUT2D eigenvalue weighted by Gasteiger charge is 2.11. The molecule has 0 aliphatic rings. The second-order valence-electron chi connectivity index (χ2n) is 5.49. The maximum atomic E-state index is 13.3. The van der Waals surface area contributed by atoms with Gasteiger partial charge in [-0.15, -0.1) is 0 Å². The molecule has 1 unspecified atom stereocenters. The van der Waals surface area contributed by atoms with Gasteiger partial charge in [0.25, 0.3) is 0 Å². The molecular weight excluding hydrogens is 315 g/mol. The molecule has 0 amide bonds. The fourth-order valence-corrected chi connectivity index (χ4v) is 2.97. The first-order chi connectivity index (χ1) is 9.58. The monoisotopic (exact) mass is 334 g/mol. The van der Waals surface area contributed by atoms with Gasteiger partial charge in [0.15, 0.2) is 0 Å². The molecule has 0 saturated heterocycles. The summed E-state index contributed by atoms with van der Waals surface area (Å²) in [6.45, 7) is 4.28. The highest BCUT2D eigenvalue weighted by Crippen LogP contribution is 2.20. The Kier molecular flexibility index (Phi) is 5.36. The van der Waals surface area contributed by atoms with Gasteiger partial charge in [0.05, 0.1) is 0 Å². The van der Waals surface area contributed by atoms with Crippen molar-refractivity contribution in [1.29, 1.82) is 0 Å². The molecule has 0 spiro atoms. The Balaban J connectivity index is 2.11. The van der Waals surface area contributed by atoms with Crippen LogP contribution in [0.2, 0.25) is 0 Å². The quantitative estimate of drug-likeness (QED) is 0.656. The van der Waals surface area contributed by atoms with Crippen molar-refractivity contribution in [3.05, 3.63) is 70.5 Å². The van der Waals surface area contributed by atoms with Crippen LogP contribution in [0.1, 0.15) is 22.3 Å². The van der Waals surface area contributed by atoms with E-state index in [9.17, 15) is 4.39 Å². The van der Waals surface area contributed by atoms with Gasteiger partial charge in [-0.05, 0) is 61.4 Å². The SMILES string of the molecule is Cc1ccc(C)c(CC(CBr)Cc2cccc(F)c2)c1. The highest BCUT2D eigenvalue weighted by atomic mass is 79.9. The van der Waals surface area contributed by atoms with E-state index in [4.69, 9.17) is 0 Å². The highest BCUT2D eigenvalue weighted by molar-refractivity contribution is 9.09. The molecule has 0 nitrogen and oxygen atoms in total. The Labute approximate surface area is 129 Å². The van der Waals surface area contributed by atoms with E-state index in [0.717, 1.165) is 23.7 Å². The van der Waals surface area contributed by atoms with E-state index in [2.05, 4.69) is 48.0 Å². The van der Waals surface area contributed by atoms with Crippen molar-refractivity contribution >= 4 is 15.9 Å². The van der Waals surface area contributed by atoms with Crippen LogP contribution in [0.25, 0.3) is 0 Å². The number of alkyl halides is 1. The van der Waals surface area contributed by atoms with Crippen LogP contribution in [0, 0.1) is 25.6 Å². The second kappa shape index (κ2) is 7.03. The zero-order valence-corrected chi connectivity index (χ0v) is 13.6. The molecular formula is C18H20BrF. The summed E-state index contributed by atoms with van der Waals surface area (Å²) in [5.74, 6) is 0.333. The molecule has 0 fully saturated rings. The fourth-order valence-electron chi connectivity index (χ4n) is 2.51. The molecule has 20 heavy (non-hydrogen) atoms. The Morgan fingerprint density at radius 2 is 1.85 bits per heavy atom. The average molecular weight is 335 g/mol. The summed E-state index contributed by atoms with van der Waals surface area (Å²) in [7, 11) is 0. The van der Waals surface area contributed by atoms with Gasteiger partial charge in [-0.2, -0.15) is 0 Å². The third kappa shape index (κ3) is 4.17. The standard InChI is InChI=1S/C18H20BrF/c1-13-6-7-14(2)17(8-13)10-16(12-19)9-15-4-3-5-18(20)11-15/h3-8,11,16H,9-10,12H2,1-2H3. The maximum Gasteiger partial charge on any atom is 0.123 e. The zero-order chi connectivity index (χ0) is 14.5. The zero-order valence-electron chi connectivity index (χ0n) is 12.0. The van der Waals surface area contributed by atoms with Gasteiger partial charge in [0, 0.05) is 5.33 Å². The van der Waals surface area contributed by atoms with Crippen LogP contribution in [-0.2, 0) is 12.8 Å². The van der Waals surface area contributed by atoms with Crippen LogP contribution in [-0.4, -0.2) is 5.33 Å². The molecule has 0 heterocycles. The average Bonchev–Trinajstić information content (AvgIpc) is 2.42. The molecule has 2 aromatic carbocycles. The van der Waals surface area contributed by atoms with Gasteiger partial charge < -0.3 is 0 Å². The molecule has 0 N–H and O–H groups in total. The van der Waals surface area contributed by atoms with E-state index < -0.39 is 0 Å². The largest absolute Gasteiger partial charge is 0.207 e. The van der Waals surface area contributed by atoms with Crippen molar-refractivity contribution in [3.8, 4) is 0 Å². The molecule has 1 atom stereocenters. The van der Waals surface area contributed by atoms with E-state index in [0.29, 0.717) is 5.92 Å². The van der Waals surface area contributed by atoms with Gasteiger partial charge in [-0.1, -0.05) is 51.8 Å². The van der Waals surface area contributed by atoms with Crippen molar-refractivity contribution in [3.63, 3.8) is 0 Å². The summed E-state index contributed by atoms with van der Waals surface area (Å²) in [6, 6.07) is 13.5. The molecule has 0 aliphatic heterocycles. The third-order valence-corrected chi connectivity index (χ3v) is 4.56. The number of rotatable bonds is 5. The summed E-state index contributed by atoms with van der Waals surface area (Å²) < 4.78 is 13.3. The minimum atomic E-state index is -0.150. The number of halogens is 2. The second-order valence-corrected chi connectivity index (χ2v) is 6.14. The lowest BCUT2D eigenvalue weighted by Gasteiger charge is -2.16. The molecule has 0 saturated carbocycles. The van der Waals surface area contributed by atoms with Crippen LogP contribution in [0.4, 0.5) is 4.39 Å². The van der Waals surface area contributed by atoms with Crippen LogP contribution in [0.5, 0.6) is 0 Å². The van der Waals surface area contributed by atoms with Crippen molar-refractivity contribution in [1.82, 2.24) is 0 Å². The molecule has 2 aromatic rings. The van der Waals surface area contributed by atoms with Gasteiger partial charge in [-0.3, -0.25) is 0 Å². The number of hydrogen-bond donors (Lipinski definition) is 0. The van der Waals surface area contributed by atoms with Crippen LogP contribution in [0.3, 0.4) is 0 Å². The Morgan fingerprint density at radius 1 is 1.05 bits per heavy atom. The maximum absolute atomic E-state index is 13.3. The van der Waals surface area contributed by atoms with Gasteiger partial charge in [0.2, 0.25) is 0 Å². The predicted molar refractivity (Wildman–Crippen MR) is 87.0 cm³/mol. The van der Waals surface area contributed by atoms with E-state index in [-0.39, 0.29) is 5.82 Å². The molecule has 0 bridgehead atoms. The Hall–Kier alpha value is -1.15. The summed E-state index contributed by atoms with van der Waals surface area (Å²) in [6.07, 6.45) is 1.92. The summed E-state index contributed by atoms with van der Waals surface area (Å²) in [5.41, 5.74) is 5.09. The third-order valence-electron chi connectivity index (χ3n) is 3.64. The number of benzene rings is 2. The fraction of sp³-hybridized carbons (Fsp3) is 0.333. The van der Waals surface area contributed by atoms with Crippen molar-refractivity contribution in [2.45, 2.75) is 26.7 Å². The first-order valence-corrected chi connectivity index (χ1v) is 8.07. The van der Waals surface area contributed by atoms with Crippen molar-refractivity contribution < 1.29 is 4.39 Å². The minimum Gasteiger partial charge on any atom is -0.207 e. The predicted octanol–water partition coefficient (Wildman–Crippen LogP) is 5.24. The van der Waals surface area contributed by atoms with E-state index in [1.807, 2.05) is 6.07 Å². The van der Waals surface area contributed by atoms with Crippen LogP contribution in [0.15, 0.2) is 42.5 Å². The summed E-state index contributed by atoms with van der Waals surface area (Å²) in [4.78, 5) is 0. The van der Waals surface area contributed by atoms with E-state index in [1.54, 1.807) is 12.1 Å².